The average molecular weight is 467 g/mol. The summed E-state index contributed by atoms with van der Waals surface area (Å²) in [5.74, 6) is -0.759. The molecule has 0 bridgehead atoms. The molecule has 168 valence electrons. The number of fused-ring (bicyclic) bond motifs is 1. The van der Waals surface area contributed by atoms with Crippen LogP contribution in [0.1, 0.15) is 29.2 Å². The minimum atomic E-state index is -0.614. The lowest BCUT2D eigenvalue weighted by Crippen LogP contribution is -2.12. The highest BCUT2D eigenvalue weighted by Crippen LogP contribution is 2.29. The predicted molar refractivity (Wildman–Crippen MR) is 123 cm³/mol. The van der Waals surface area contributed by atoms with Crippen molar-refractivity contribution in [1.29, 1.82) is 0 Å². The number of pyridine rings is 1. The van der Waals surface area contributed by atoms with Crippen molar-refractivity contribution in [2.45, 2.75) is 26.0 Å². The second kappa shape index (κ2) is 9.54. The molecule has 0 radical (unpaired) electrons. The first-order valence-electron chi connectivity index (χ1n) is 10.1. The number of hydrogen-bond donors (Lipinski definition) is 0. The molecule has 0 aliphatic carbocycles. The normalized spacial score (nSPS) is 11.0. The number of aromatic nitrogens is 1. The molecule has 2 heterocycles. The van der Waals surface area contributed by atoms with Crippen LogP contribution in [0.3, 0.4) is 0 Å². The molecule has 0 aliphatic rings. The molecule has 0 saturated carbocycles. The van der Waals surface area contributed by atoms with E-state index in [4.69, 9.17) is 9.15 Å². The molecule has 5 nitrogen and oxygen atoms in total. The molecule has 0 fully saturated rings. The third kappa shape index (κ3) is 4.96. The van der Waals surface area contributed by atoms with Crippen molar-refractivity contribution < 1.29 is 22.7 Å². The number of benzene rings is 2. The zero-order valence-corrected chi connectivity index (χ0v) is 18.7. The number of aryl methyl sites for hydroxylation is 1. The van der Waals surface area contributed by atoms with E-state index in [2.05, 4.69) is 4.98 Å². The third-order valence-electron chi connectivity index (χ3n) is 5.15. The van der Waals surface area contributed by atoms with Crippen molar-refractivity contribution in [3.8, 4) is 11.6 Å². The molecular weight excluding hydrogens is 448 g/mol. The number of carbonyl (C=O) groups is 1. The molecule has 0 unspecified atom stereocenters. The molecule has 2 aromatic carbocycles. The molecule has 8 heteroatoms. The minimum absolute atomic E-state index is 0.0475. The molecule has 0 amide bonds. The second-order valence-corrected chi connectivity index (χ2v) is 8.54. The lowest BCUT2D eigenvalue weighted by atomic mass is 9.98. The SMILES string of the molecule is CC(=O)SCc1cccc(Cc2c(C)c3ccc(Oc4ncccc4F)cc3oc2=O)c1F. The Bertz CT molecular complexity index is 1420. The minimum Gasteiger partial charge on any atom is -0.436 e. The van der Waals surface area contributed by atoms with E-state index >= 15 is 0 Å². The molecule has 0 atom stereocenters. The summed E-state index contributed by atoms with van der Waals surface area (Å²) in [6.07, 6.45) is 1.45. The molecular formula is C25H19F2NO4S. The van der Waals surface area contributed by atoms with Crippen LogP contribution in [0.2, 0.25) is 0 Å². The van der Waals surface area contributed by atoms with Crippen LogP contribution in [-0.4, -0.2) is 10.1 Å². The van der Waals surface area contributed by atoms with Gasteiger partial charge in [0.2, 0.25) is 0 Å². The van der Waals surface area contributed by atoms with E-state index in [-0.39, 0.29) is 34.5 Å². The summed E-state index contributed by atoms with van der Waals surface area (Å²) in [5, 5.41) is 0.557. The van der Waals surface area contributed by atoms with Crippen LogP contribution < -0.4 is 10.4 Å². The van der Waals surface area contributed by atoms with Crippen LogP contribution >= 0.6 is 11.8 Å². The van der Waals surface area contributed by atoms with Gasteiger partial charge in [0, 0.05) is 42.3 Å². The average Bonchev–Trinajstić information content (AvgIpc) is 2.78. The van der Waals surface area contributed by atoms with Gasteiger partial charge in [0.05, 0.1) is 0 Å². The first-order chi connectivity index (χ1) is 15.8. The van der Waals surface area contributed by atoms with Crippen LogP contribution in [0.5, 0.6) is 11.6 Å². The second-order valence-electron chi connectivity index (χ2n) is 7.39. The largest absolute Gasteiger partial charge is 0.436 e. The van der Waals surface area contributed by atoms with Gasteiger partial charge in [-0.05, 0) is 47.9 Å². The van der Waals surface area contributed by atoms with E-state index < -0.39 is 17.3 Å². The first kappa shape index (κ1) is 22.7. The summed E-state index contributed by atoms with van der Waals surface area (Å²) in [6, 6.07) is 12.4. The Morgan fingerprint density at radius 2 is 1.91 bits per heavy atom. The highest BCUT2D eigenvalue weighted by atomic mass is 32.2. The molecule has 33 heavy (non-hydrogen) atoms. The molecule has 4 rings (SSSR count). The lowest BCUT2D eigenvalue weighted by molar-refractivity contribution is -0.109. The smallest absolute Gasteiger partial charge is 0.340 e. The lowest BCUT2D eigenvalue weighted by Gasteiger charge is -2.11. The van der Waals surface area contributed by atoms with Crippen molar-refractivity contribution in [1.82, 2.24) is 4.98 Å². The summed E-state index contributed by atoms with van der Waals surface area (Å²) in [6.45, 7) is 3.19. The van der Waals surface area contributed by atoms with Gasteiger partial charge in [0.25, 0.3) is 5.88 Å². The van der Waals surface area contributed by atoms with Gasteiger partial charge in [-0.25, -0.2) is 18.6 Å². The van der Waals surface area contributed by atoms with E-state index in [9.17, 15) is 18.4 Å². The molecule has 0 spiro atoms. The summed E-state index contributed by atoms with van der Waals surface area (Å²) < 4.78 is 39.7. The Hall–Kier alpha value is -3.52. The Morgan fingerprint density at radius 1 is 1.12 bits per heavy atom. The van der Waals surface area contributed by atoms with Crippen LogP contribution in [0, 0.1) is 18.6 Å². The van der Waals surface area contributed by atoms with Gasteiger partial charge in [-0.1, -0.05) is 30.0 Å². The van der Waals surface area contributed by atoms with Crippen LogP contribution in [-0.2, 0) is 17.0 Å². The zero-order chi connectivity index (χ0) is 23.5. The van der Waals surface area contributed by atoms with Crippen molar-refractivity contribution >= 4 is 27.8 Å². The molecule has 0 N–H and O–H groups in total. The van der Waals surface area contributed by atoms with E-state index in [1.165, 1.54) is 31.3 Å². The van der Waals surface area contributed by atoms with Crippen molar-refractivity contribution in [2.75, 3.05) is 0 Å². The number of carbonyl (C=O) groups excluding carboxylic acids is 1. The molecule has 2 aromatic heterocycles. The summed E-state index contributed by atoms with van der Waals surface area (Å²) >= 11 is 1.03. The number of nitrogens with zero attached hydrogens (tertiary/aromatic N) is 1. The standard InChI is InChI=1S/C25H19F2NO4S/c1-14-19-9-8-18(31-24-21(26)7-4-10-28-24)12-22(19)32-25(30)20(14)11-16-5-3-6-17(23(16)27)13-33-15(2)29/h3-10,12H,11,13H2,1-2H3. The van der Waals surface area contributed by atoms with Crippen LogP contribution in [0.15, 0.2) is 63.9 Å². The van der Waals surface area contributed by atoms with Gasteiger partial charge in [-0.3, -0.25) is 4.79 Å². The molecule has 0 saturated heterocycles. The van der Waals surface area contributed by atoms with Gasteiger partial charge in [0.1, 0.15) is 17.1 Å². The van der Waals surface area contributed by atoms with E-state index in [0.717, 1.165) is 11.8 Å². The van der Waals surface area contributed by atoms with E-state index in [1.54, 1.807) is 37.3 Å². The quantitative estimate of drug-likeness (QED) is 0.327. The molecule has 4 aromatic rings. The van der Waals surface area contributed by atoms with Crippen LogP contribution in [0.25, 0.3) is 11.0 Å². The fraction of sp³-hybridized carbons (Fsp3) is 0.160. The Morgan fingerprint density at radius 3 is 2.67 bits per heavy atom. The maximum atomic E-state index is 15.0. The number of thioether (sulfide) groups is 1. The maximum Gasteiger partial charge on any atom is 0.340 e. The summed E-state index contributed by atoms with van der Waals surface area (Å²) in [5.41, 5.74) is 1.41. The highest BCUT2D eigenvalue weighted by molar-refractivity contribution is 8.12. The van der Waals surface area contributed by atoms with Gasteiger partial charge in [-0.15, -0.1) is 0 Å². The monoisotopic (exact) mass is 467 g/mol. The fourth-order valence-corrected chi connectivity index (χ4v) is 4.03. The van der Waals surface area contributed by atoms with Gasteiger partial charge in [0.15, 0.2) is 10.9 Å². The van der Waals surface area contributed by atoms with E-state index in [0.29, 0.717) is 27.6 Å². The predicted octanol–water partition coefficient (Wildman–Crippen LogP) is 5.94. The third-order valence-corrected chi connectivity index (χ3v) is 6.02. The molecule has 0 aliphatic heterocycles. The van der Waals surface area contributed by atoms with E-state index in [1.807, 2.05) is 0 Å². The van der Waals surface area contributed by atoms with Crippen molar-refractivity contribution in [3.05, 3.63) is 99.0 Å². The first-order valence-corrected chi connectivity index (χ1v) is 11.1. The number of hydrogen-bond acceptors (Lipinski definition) is 6. The summed E-state index contributed by atoms with van der Waals surface area (Å²) in [4.78, 5) is 27.8. The van der Waals surface area contributed by atoms with Gasteiger partial charge >= 0.3 is 5.63 Å². The number of ether oxygens (including phenoxy) is 1. The number of rotatable bonds is 6. The topological polar surface area (TPSA) is 69.4 Å². The van der Waals surface area contributed by atoms with Gasteiger partial charge < -0.3 is 9.15 Å². The van der Waals surface area contributed by atoms with Crippen LogP contribution in [0.4, 0.5) is 8.78 Å². The summed E-state index contributed by atoms with van der Waals surface area (Å²) in [7, 11) is 0. The van der Waals surface area contributed by atoms with Crippen molar-refractivity contribution in [2.24, 2.45) is 0 Å². The zero-order valence-electron chi connectivity index (χ0n) is 17.9. The Kier molecular flexibility index (Phi) is 6.55. The van der Waals surface area contributed by atoms with Crippen molar-refractivity contribution in [3.63, 3.8) is 0 Å². The Balaban J connectivity index is 1.66. The fourth-order valence-electron chi connectivity index (χ4n) is 3.45. The highest BCUT2D eigenvalue weighted by Gasteiger charge is 2.17. The maximum absolute atomic E-state index is 15.0. The number of halogens is 2. The Labute approximate surface area is 192 Å². The van der Waals surface area contributed by atoms with Gasteiger partial charge in [-0.2, -0.15) is 0 Å².